The molecule has 1 aliphatic rings. The van der Waals surface area contributed by atoms with Crippen LogP contribution in [0.1, 0.15) is 22.3 Å². The molecule has 32 heavy (non-hydrogen) atoms. The average Bonchev–Trinajstić information content (AvgIpc) is 3.03. The maximum atomic E-state index is 12.7. The number of halogens is 2. The van der Waals surface area contributed by atoms with E-state index < -0.39 is 0 Å². The molecule has 1 fully saturated rings. The molecular weight excluding hydrogens is 465 g/mol. The van der Waals surface area contributed by atoms with Crippen molar-refractivity contribution in [2.75, 3.05) is 0 Å². The predicted octanol–water partition coefficient (Wildman–Crippen LogP) is 7.12. The maximum Gasteiger partial charge on any atom is 0.293 e. The van der Waals surface area contributed by atoms with Crippen LogP contribution in [-0.4, -0.2) is 16.0 Å². The summed E-state index contributed by atoms with van der Waals surface area (Å²) in [6, 6.07) is 20.4. The zero-order valence-electron chi connectivity index (χ0n) is 17.2. The van der Waals surface area contributed by atoms with Crippen LogP contribution in [0, 0.1) is 6.92 Å². The highest BCUT2D eigenvalue weighted by Crippen LogP contribution is 2.33. The number of amides is 2. The fourth-order valence-electron chi connectivity index (χ4n) is 3.12. The SMILES string of the molecule is Cc1ccc(CN2C(=O)S/C(=C\c3ccc(OCc4ccc(Cl)cc4Cl)cc3)C2=O)cc1. The van der Waals surface area contributed by atoms with Crippen molar-refractivity contribution in [1.29, 1.82) is 0 Å². The van der Waals surface area contributed by atoms with Crippen LogP contribution in [0.3, 0.4) is 0 Å². The van der Waals surface area contributed by atoms with Gasteiger partial charge in [-0.05, 0) is 60.2 Å². The Labute approximate surface area is 200 Å². The molecule has 1 heterocycles. The van der Waals surface area contributed by atoms with Crippen molar-refractivity contribution in [3.63, 3.8) is 0 Å². The van der Waals surface area contributed by atoms with Gasteiger partial charge >= 0.3 is 0 Å². The van der Waals surface area contributed by atoms with Crippen LogP contribution < -0.4 is 4.74 Å². The number of nitrogens with zero attached hydrogens (tertiary/aromatic N) is 1. The van der Waals surface area contributed by atoms with Gasteiger partial charge in [0.1, 0.15) is 12.4 Å². The minimum absolute atomic E-state index is 0.262. The number of benzene rings is 3. The molecule has 0 unspecified atom stereocenters. The number of aryl methyl sites for hydroxylation is 1. The first-order valence-electron chi connectivity index (χ1n) is 9.87. The Bertz CT molecular complexity index is 1190. The lowest BCUT2D eigenvalue weighted by Crippen LogP contribution is -2.27. The van der Waals surface area contributed by atoms with Crippen LogP contribution in [-0.2, 0) is 17.9 Å². The number of carbonyl (C=O) groups is 2. The van der Waals surface area contributed by atoms with E-state index in [1.165, 1.54) is 4.90 Å². The van der Waals surface area contributed by atoms with Gasteiger partial charge in [-0.15, -0.1) is 0 Å². The Kier molecular flexibility index (Phi) is 6.89. The van der Waals surface area contributed by atoms with E-state index in [-0.39, 0.29) is 17.7 Å². The second-order valence-electron chi connectivity index (χ2n) is 7.35. The molecule has 7 heteroatoms. The Balaban J connectivity index is 1.40. The molecular formula is C25H19Cl2NO3S. The van der Waals surface area contributed by atoms with E-state index in [1.54, 1.807) is 18.2 Å². The van der Waals surface area contributed by atoms with E-state index in [2.05, 4.69) is 0 Å². The summed E-state index contributed by atoms with van der Waals surface area (Å²) in [6.07, 6.45) is 1.72. The molecule has 0 aromatic heterocycles. The van der Waals surface area contributed by atoms with E-state index in [9.17, 15) is 9.59 Å². The van der Waals surface area contributed by atoms with Gasteiger partial charge in [0.2, 0.25) is 0 Å². The first kappa shape index (κ1) is 22.5. The van der Waals surface area contributed by atoms with Crippen molar-refractivity contribution in [3.05, 3.63) is 104 Å². The van der Waals surface area contributed by atoms with Gasteiger partial charge in [-0.2, -0.15) is 0 Å². The van der Waals surface area contributed by atoms with Crippen LogP contribution >= 0.6 is 35.0 Å². The quantitative estimate of drug-likeness (QED) is 0.350. The zero-order chi connectivity index (χ0) is 22.7. The van der Waals surface area contributed by atoms with Gasteiger partial charge in [0.05, 0.1) is 11.4 Å². The monoisotopic (exact) mass is 483 g/mol. The molecule has 0 N–H and O–H groups in total. The van der Waals surface area contributed by atoms with Gasteiger partial charge < -0.3 is 4.74 Å². The zero-order valence-corrected chi connectivity index (χ0v) is 19.5. The number of imide groups is 1. The third kappa shape index (κ3) is 5.36. The molecule has 4 rings (SSSR count). The number of hydrogen-bond acceptors (Lipinski definition) is 4. The molecule has 0 atom stereocenters. The highest BCUT2D eigenvalue weighted by molar-refractivity contribution is 8.18. The maximum absolute atomic E-state index is 12.7. The minimum Gasteiger partial charge on any atom is -0.489 e. The van der Waals surface area contributed by atoms with Gasteiger partial charge in [-0.1, -0.05) is 71.2 Å². The molecule has 162 valence electrons. The number of hydrogen-bond donors (Lipinski definition) is 0. The summed E-state index contributed by atoms with van der Waals surface area (Å²) < 4.78 is 5.79. The molecule has 1 aliphatic heterocycles. The Morgan fingerprint density at radius 2 is 1.69 bits per heavy atom. The normalized spacial score (nSPS) is 15.0. The molecule has 0 saturated carbocycles. The molecule has 0 radical (unpaired) electrons. The molecule has 1 saturated heterocycles. The third-order valence-corrected chi connectivity index (χ3v) is 6.42. The lowest BCUT2D eigenvalue weighted by Gasteiger charge is -2.12. The van der Waals surface area contributed by atoms with Crippen LogP contribution in [0.15, 0.2) is 71.6 Å². The van der Waals surface area contributed by atoms with Crippen LogP contribution in [0.2, 0.25) is 10.0 Å². The average molecular weight is 484 g/mol. The van der Waals surface area contributed by atoms with Crippen molar-refractivity contribution < 1.29 is 14.3 Å². The van der Waals surface area contributed by atoms with Crippen LogP contribution in [0.25, 0.3) is 6.08 Å². The van der Waals surface area contributed by atoms with Gasteiger partial charge in [0.15, 0.2) is 0 Å². The number of rotatable bonds is 6. The van der Waals surface area contributed by atoms with Crippen molar-refractivity contribution in [1.82, 2.24) is 4.90 Å². The summed E-state index contributed by atoms with van der Waals surface area (Å²) >= 11 is 13.0. The molecule has 0 bridgehead atoms. The Morgan fingerprint density at radius 1 is 0.969 bits per heavy atom. The van der Waals surface area contributed by atoms with E-state index >= 15 is 0 Å². The predicted molar refractivity (Wildman–Crippen MR) is 130 cm³/mol. The van der Waals surface area contributed by atoms with Crippen LogP contribution in [0.4, 0.5) is 4.79 Å². The molecule has 3 aromatic rings. The lowest BCUT2D eigenvalue weighted by molar-refractivity contribution is -0.123. The molecule has 0 aliphatic carbocycles. The fraction of sp³-hybridized carbons (Fsp3) is 0.120. The van der Waals surface area contributed by atoms with Crippen LogP contribution in [0.5, 0.6) is 5.75 Å². The number of thioether (sulfide) groups is 1. The van der Waals surface area contributed by atoms with Gasteiger partial charge in [0.25, 0.3) is 11.1 Å². The van der Waals surface area contributed by atoms with Gasteiger partial charge in [-0.25, -0.2) is 0 Å². The van der Waals surface area contributed by atoms with E-state index in [1.807, 2.05) is 61.5 Å². The molecule has 2 amide bonds. The first-order valence-corrected chi connectivity index (χ1v) is 11.4. The minimum atomic E-state index is -0.279. The summed E-state index contributed by atoms with van der Waals surface area (Å²) in [5.74, 6) is 0.388. The molecule has 3 aromatic carbocycles. The summed E-state index contributed by atoms with van der Waals surface area (Å²) in [7, 11) is 0. The first-order chi connectivity index (χ1) is 15.4. The summed E-state index contributed by atoms with van der Waals surface area (Å²) in [5.41, 5.74) is 3.69. The lowest BCUT2D eigenvalue weighted by atomic mass is 10.1. The number of ether oxygens (including phenoxy) is 1. The molecule has 4 nitrogen and oxygen atoms in total. The second-order valence-corrected chi connectivity index (χ2v) is 9.18. The Morgan fingerprint density at radius 3 is 2.38 bits per heavy atom. The van der Waals surface area contributed by atoms with Gasteiger partial charge in [0, 0.05) is 15.6 Å². The van der Waals surface area contributed by atoms with Gasteiger partial charge in [-0.3, -0.25) is 14.5 Å². The summed E-state index contributed by atoms with van der Waals surface area (Å²) in [6.45, 7) is 2.57. The van der Waals surface area contributed by atoms with Crippen molar-refractivity contribution in [2.24, 2.45) is 0 Å². The van der Waals surface area contributed by atoms with E-state index in [4.69, 9.17) is 27.9 Å². The second kappa shape index (κ2) is 9.82. The Hall–Kier alpha value is -2.73. The highest BCUT2D eigenvalue weighted by Gasteiger charge is 2.34. The number of carbonyl (C=O) groups excluding carboxylic acids is 2. The smallest absolute Gasteiger partial charge is 0.293 e. The topological polar surface area (TPSA) is 46.6 Å². The fourth-order valence-corrected chi connectivity index (χ4v) is 4.43. The standard InChI is InChI=1S/C25H19Cl2NO3S/c1-16-2-4-18(5-3-16)14-28-24(29)23(32-25(28)30)12-17-6-10-21(11-7-17)31-15-19-8-9-20(26)13-22(19)27/h2-13H,14-15H2,1H3/b23-12-. The van der Waals surface area contributed by atoms with E-state index in [0.29, 0.717) is 27.3 Å². The van der Waals surface area contributed by atoms with Crippen molar-refractivity contribution in [3.8, 4) is 5.75 Å². The highest BCUT2D eigenvalue weighted by atomic mass is 35.5. The summed E-state index contributed by atoms with van der Waals surface area (Å²) in [4.78, 5) is 26.8. The van der Waals surface area contributed by atoms with Crippen molar-refractivity contribution >= 4 is 52.2 Å². The largest absolute Gasteiger partial charge is 0.489 e. The molecule has 0 spiro atoms. The third-order valence-electron chi connectivity index (χ3n) is 4.92. The van der Waals surface area contributed by atoms with Crippen molar-refractivity contribution in [2.45, 2.75) is 20.1 Å². The summed E-state index contributed by atoms with van der Waals surface area (Å²) in [5, 5.41) is 0.864. The van der Waals surface area contributed by atoms with E-state index in [0.717, 1.165) is 34.0 Å².